The van der Waals surface area contributed by atoms with Gasteiger partial charge < -0.3 is 0 Å². The summed E-state index contributed by atoms with van der Waals surface area (Å²) in [5.41, 5.74) is 5.79. The molecule has 0 fully saturated rings. The second-order valence-corrected chi connectivity index (χ2v) is 8.27. The van der Waals surface area contributed by atoms with E-state index in [1.165, 1.54) is 16.7 Å². The maximum Gasteiger partial charge on any atom is 0.163 e. The van der Waals surface area contributed by atoms with Crippen LogP contribution in [0.15, 0.2) is 23.8 Å². The summed E-state index contributed by atoms with van der Waals surface area (Å²) in [6.45, 7) is 10.8. The van der Waals surface area contributed by atoms with E-state index >= 15 is 0 Å². The first kappa shape index (κ1) is 16.4. The van der Waals surface area contributed by atoms with Crippen molar-refractivity contribution < 1.29 is 4.79 Å². The molecule has 0 aromatic heterocycles. The number of allylic oxidation sites excluding steroid dienone is 2. The van der Waals surface area contributed by atoms with Crippen LogP contribution >= 0.6 is 11.8 Å². The van der Waals surface area contributed by atoms with E-state index in [0.29, 0.717) is 18.1 Å². The second-order valence-electron chi connectivity index (χ2n) is 6.81. The molecule has 1 atom stereocenters. The number of rotatable bonds is 3. The fourth-order valence-electron chi connectivity index (χ4n) is 3.15. The Hall–Kier alpha value is -1.02. The number of carbonyl (C=O) groups excluding carboxylic acids is 1. The third-order valence-corrected chi connectivity index (χ3v) is 6.25. The lowest BCUT2D eigenvalue weighted by Crippen LogP contribution is -2.33. The Morgan fingerprint density at radius 2 is 1.81 bits per heavy atom. The van der Waals surface area contributed by atoms with Crippen molar-refractivity contribution in [3.63, 3.8) is 0 Å². The zero-order chi connectivity index (χ0) is 15.8. The molecule has 0 saturated heterocycles. The number of ketones is 1. The van der Waals surface area contributed by atoms with E-state index < -0.39 is 0 Å². The van der Waals surface area contributed by atoms with Crippen LogP contribution in [0.25, 0.3) is 5.57 Å². The van der Waals surface area contributed by atoms with Gasteiger partial charge in [-0.1, -0.05) is 43.2 Å². The van der Waals surface area contributed by atoms with Crippen LogP contribution in [-0.2, 0) is 4.79 Å². The first-order valence-electron chi connectivity index (χ1n) is 7.62. The van der Waals surface area contributed by atoms with Gasteiger partial charge in [0.1, 0.15) is 0 Å². The van der Waals surface area contributed by atoms with Crippen LogP contribution in [0.2, 0.25) is 0 Å². The Balaban J connectivity index is 2.44. The molecule has 0 N–H and O–H groups in total. The minimum absolute atomic E-state index is 0.157. The quantitative estimate of drug-likeness (QED) is 0.763. The number of hydrogen-bond acceptors (Lipinski definition) is 2. The van der Waals surface area contributed by atoms with Crippen molar-refractivity contribution in [3.8, 4) is 0 Å². The molecular weight excluding hydrogens is 276 g/mol. The van der Waals surface area contributed by atoms with E-state index in [1.807, 2.05) is 11.8 Å². The molecule has 1 aromatic carbocycles. The van der Waals surface area contributed by atoms with Crippen LogP contribution in [0.3, 0.4) is 0 Å². The third-order valence-electron chi connectivity index (χ3n) is 4.86. The number of carbonyl (C=O) groups is 1. The number of hydrogen-bond donors (Lipinski definition) is 0. The lowest BCUT2D eigenvalue weighted by Gasteiger charge is -2.36. The Labute approximate surface area is 133 Å². The lowest BCUT2D eigenvalue weighted by atomic mass is 9.75. The van der Waals surface area contributed by atoms with Crippen LogP contribution in [0, 0.1) is 19.8 Å². The van der Waals surface area contributed by atoms with Gasteiger partial charge in [0.2, 0.25) is 0 Å². The third kappa shape index (κ3) is 3.26. The number of Topliss-reactive ketones (excluding diaryl/α,β-unsaturated/α-hetero) is 1. The van der Waals surface area contributed by atoms with E-state index in [-0.39, 0.29) is 4.75 Å². The summed E-state index contributed by atoms with van der Waals surface area (Å²) in [5, 5.41) is 0. The molecule has 0 bridgehead atoms. The highest BCUT2D eigenvalue weighted by Gasteiger charge is 2.36. The van der Waals surface area contributed by atoms with Crippen LogP contribution in [-0.4, -0.2) is 16.8 Å². The molecule has 21 heavy (non-hydrogen) atoms. The van der Waals surface area contributed by atoms with Crippen molar-refractivity contribution in [2.24, 2.45) is 5.92 Å². The molecule has 1 aliphatic carbocycles. The van der Waals surface area contributed by atoms with Crippen LogP contribution in [0.4, 0.5) is 0 Å². The van der Waals surface area contributed by atoms with Crippen LogP contribution in [0.5, 0.6) is 0 Å². The van der Waals surface area contributed by atoms with Gasteiger partial charge in [-0.15, -0.1) is 0 Å². The molecule has 0 heterocycles. The normalized spacial score (nSPS) is 20.1. The Bertz CT molecular complexity index is 596. The van der Waals surface area contributed by atoms with E-state index in [2.05, 4.69) is 59.1 Å². The average Bonchev–Trinajstić information content (AvgIpc) is 2.41. The first-order chi connectivity index (χ1) is 9.76. The number of benzene rings is 1. The molecule has 1 nitrogen and oxygen atoms in total. The molecule has 0 radical (unpaired) electrons. The summed E-state index contributed by atoms with van der Waals surface area (Å²) in [6.07, 6.45) is 3.85. The van der Waals surface area contributed by atoms with Gasteiger partial charge in [0.25, 0.3) is 0 Å². The maximum absolute atomic E-state index is 12.8. The highest BCUT2D eigenvalue weighted by molar-refractivity contribution is 7.99. The molecule has 1 aromatic rings. The van der Waals surface area contributed by atoms with Gasteiger partial charge in [0.05, 0.1) is 0 Å². The molecule has 0 aliphatic heterocycles. The minimum atomic E-state index is 0.157. The summed E-state index contributed by atoms with van der Waals surface area (Å²) < 4.78 is 0.157. The molecular formula is C19H26OS. The molecule has 0 spiro atoms. The fourth-order valence-corrected chi connectivity index (χ4v) is 3.65. The van der Waals surface area contributed by atoms with Crippen molar-refractivity contribution in [2.45, 2.75) is 52.2 Å². The molecule has 1 unspecified atom stereocenters. The summed E-state index contributed by atoms with van der Waals surface area (Å²) in [5.74, 6) is 0.758. The van der Waals surface area contributed by atoms with E-state index in [1.54, 1.807) is 0 Å². The second kappa shape index (κ2) is 6.00. The summed E-state index contributed by atoms with van der Waals surface area (Å²) >= 11 is 1.87. The van der Waals surface area contributed by atoms with Gasteiger partial charge in [0, 0.05) is 16.7 Å². The molecule has 2 heteroatoms. The van der Waals surface area contributed by atoms with Crippen molar-refractivity contribution in [1.82, 2.24) is 0 Å². The maximum atomic E-state index is 12.8. The Kier molecular flexibility index (Phi) is 4.67. The topological polar surface area (TPSA) is 17.1 Å². The number of aryl methyl sites for hydroxylation is 2. The van der Waals surface area contributed by atoms with Gasteiger partial charge in [-0.2, -0.15) is 11.8 Å². The summed E-state index contributed by atoms with van der Waals surface area (Å²) in [4.78, 5) is 12.8. The van der Waals surface area contributed by atoms with Gasteiger partial charge in [0.15, 0.2) is 5.78 Å². The zero-order valence-electron chi connectivity index (χ0n) is 14.0. The predicted molar refractivity (Wildman–Crippen MR) is 93.8 cm³/mol. The van der Waals surface area contributed by atoms with Crippen molar-refractivity contribution in [2.75, 3.05) is 6.26 Å². The lowest BCUT2D eigenvalue weighted by molar-refractivity contribution is -0.115. The van der Waals surface area contributed by atoms with E-state index in [4.69, 9.17) is 0 Å². The highest BCUT2D eigenvalue weighted by Crippen LogP contribution is 2.43. The average molecular weight is 302 g/mol. The SMILES string of the molecule is CSC(C)(C)C1CC(=O)C(c2cc(C)ccc2C)=C(C)C1. The first-order valence-corrected chi connectivity index (χ1v) is 8.84. The molecule has 0 saturated carbocycles. The molecule has 0 amide bonds. The number of thioether (sulfide) groups is 1. The largest absolute Gasteiger partial charge is 0.294 e. The van der Waals surface area contributed by atoms with Crippen LogP contribution in [0.1, 0.15) is 50.3 Å². The predicted octanol–water partition coefficient (Wildman–Crippen LogP) is 5.20. The zero-order valence-corrected chi connectivity index (χ0v) is 14.9. The summed E-state index contributed by atoms with van der Waals surface area (Å²) in [7, 11) is 0. The van der Waals surface area contributed by atoms with Gasteiger partial charge in [-0.05, 0) is 50.5 Å². The fraction of sp³-hybridized carbons (Fsp3) is 0.526. The van der Waals surface area contributed by atoms with Crippen molar-refractivity contribution in [3.05, 3.63) is 40.5 Å². The Morgan fingerprint density at radius 1 is 1.14 bits per heavy atom. The molecule has 114 valence electrons. The standard InChI is InChI=1S/C19H26OS/c1-12-7-8-13(2)16(9-12)18-14(3)10-15(11-17(18)20)19(4,5)21-6/h7-9,15H,10-11H2,1-6H3. The molecule has 1 aliphatic rings. The summed E-state index contributed by atoms with van der Waals surface area (Å²) in [6, 6.07) is 6.39. The van der Waals surface area contributed by atoms with E-state index in [0.717, 1.165) is 17.6 Å². The van der Waals surface area contributed by atoms with Gasteiger partial charge >= 0.3 is 0 Å². The van der Waals surface area contributed by atoms with Crippen molar-refractivity contribution >= 4 is 23.1 Å². The van der Waals surface area contributed by atoms with Crippen molar-refractivity contribution in [1.29, 1.82) is 0 Å². The monoisotopic (exact) mass is 302 g/mol. The van der Waals surface area contributed by atoms with Crippen LogP contribution < -0.4 is 0 Å². The highest BCUT2D eigenvalue weighted by atomic mass is 32.2. The Morgan fingerprint density at radius 3 is 2.38 bits per heavy atom. The van der Waals surface area contributed by atoms with Gasteiger partial charge in [-0.25, -0.2) is 0 Å². The minimum Gasteiger partial charge on any atom is -0.294 e. The smallest absolute Gasteiger partial charge is 0.163 e. The van der Waals surface area contributed by atoms with Gasteiger partial charge in [-0.3, -0.25) is 4.79 Å². The van der Waals surface area contributed by atoms with E-state index in [9.17, 15) is 4.79 Å². The molecule has 2 rings (SSSR count).